The van der Waals surface area contributed by atoms with Crippen LogP contribution in [0.1, 0.15) is 37.8 Å². The Hall–Kier alpha value is -0.970. The highest BCUT2D eigenvalue weighted by atomic mass is 127. The molecule has 0 atom stereocenters. The molecule has 6 nitrogen and oxygen atoms in total. The maximum atomic E-state index is 13.7. The molecule has 0 amide bonds. The van der Waals surface area contributed by atoms with E-state index in [0.717, 1.165) is 31.6 Å². The summed E-state index contributed by atoms with van der Waals surface area (Å²) in [5.74, 6) is 0.448. The Bertz CT molecular complexity index is 547. The molecular weight excluding hydrogens is 476 g/mol. The minimum Gasteiger partial charge on any atom is -0.380 e. The SMILES string of the molecule is CCCCOCCOCCNC(=NCc1ccc(F)c(COC)c1)NCC.I. The summed E-state index contributed by atoms with van der Waals surface area (Å²) in [6.45, 7) is 8.87. The molecule has 0 radical (unpaired) electrons. The summed E-state index contributed by atoms with van der Waals surface area (Å²) in [4.78, 5) is 4.53. The zero-order chi connectivity index (χ0) is 19.7. The summed E-state index contributed by atoms with van der Waals surface area (Å²) in [6, 6.07) is 4.98. The van der Waals surface area contributed by atoms with Gasteiger partial charge in [-0.15, -0.1) is 24.0 Å². The topological polar surface area (TPSA) is 64.1 Å². The largest absolute Gasteiger partial charge is 0.380 e. The first kappa shape index (κ1) is 27.0. The Morgan fingerprint density at radius 3 is 2.50 bits per heavy atom. The van der Waals surface area contributed by atoms with Gasteiger partial charge >= 0.3 is 0 Å². The molecule has 0 aliphatic carbocycles. The number of halogens is 2. The van der Waals surface area contributed by atoms with Crippen LogP contribution in [0.25, 0.3) is 0 Å². The van der Waals surface area contributed by atoms with Crippen LogP contribution in [0.4, 0.5) is 4.39 Å². The fraction of sp³-hybridized carbons (Fsp3) is 0.650. The van der Waals surface area contributed by atoms with Crippen LogP contribution in [-0.4, -0.2) is 52.6 Å². The second-order valence-corrected chi connectivity index (χ2v) is 6.06. The molecule has 162 valence electrons. The molecule has 8 heteroatoms. The molecule has 0 fully saturated rings. The average Bonchev–Trinajstić information content (AvgIpc) is 2.67. The molecule has 28 heavy (non-hydrogen) atoms. The number of rotatable bonds is 14. The first-order valence-electron chi connectivity index (χ1n) is 9.65. The molecule has 0 bridgehead atoms. The number of aliphatic imine (C=N–C) groups is 1. The molecule has 0 aliphatic heterocycles. The van der Waals surface area contributed by atoms with Crippen molar-refractivity contribution in [3.63, 3.8) is 0 Å². The minimum atomic E-state index is -0.259. The van der Waals surface area contributed by atoms with Gasteiger partial charge in [0.05, 0.1) is 33.0 Å². The molecule has 0 aromatic heterocycles. The number of benzene rings is 1. The molecule has 0 saturated heterocycles. The van der Waals surface area contributed by atoms with E-state index in [0.29, 0.717) is 44.4 Å². The van der Waals surface area contributed by atoms with Crippen LogP contribution in [0.15, 0.2) is 23.2 Å². The molecule has 0 saturated carbocycles. The molecule has 1 rings (SSSR count). The summed E-state index contributed by atoms with van der Waals surface area (Å²) >= 11 is 0. The lowest BCUT2D eigenvalue weighted by molar-refractivity contribution is 0.0487. The van der Waals surface area contributed by atoms with Gasteiger partial charge in [0.2, 0.25) is 0 Å². The molecule has 0 heterocycles. The molecule has 0 spiro atoms. The van der Waals surface area contributed by atoms with Crippen molar-refractivity contribution in [3.8, 4) is 0 Å². The van der Waals surface area contributed by atoms with Gasteiger partial charge in [-0.2, -0.15) is 0 Å². The van der Waals surface area contributed by atoms with Gasteiger partial charge in [-0.1, -0.05) is 19.4 Å². The van der Waals surface area contributed by atoms with Crippen LogP contribution in [0, 0.1) is 5.82 Å². The molecule has 1 aromatic rings. The lowest BCUT2D eigenvalue weighted by Gasteiger charge is -2.12. The maximum Gasteiger partial charge on any atom is 0.191 e. The number of methoxy groups -OCH3 is 1. The van der Waals surface area contributed by atoms with Crippen LogP contribution in [0.3, 0.4) is 0 Å². The molecule has 2 N–H and O–H groups in total. The Morgan fingerprint density at radius 1 is 1.07 bits per heavy atom. The molecule has 0 unspecified atom stereocenters. The lowest BCUT2D eigenvalue weighted by Crippen LogP contribution is -2.39. The third-order valence-corrected chi connectivity index (χ3v) is 3.73. The summed E-state index contributed by atoms with van der Waals surface area (Å²) < 4.78 is 29.7. The predicted octanol–water partition coefficient (Wildman–Crippen LogP) is 3.48. The van der Waals surface area contributed by atoms with Crippen LogP contribution in [0.5, 0.6) is 0 Å². The van der Waals surface area contributed by atoms with Gasteiger partial charge < -0.3 is 24.8 Å². The fourth-order valence-electron chi connectivity index (χ4n) is 2.31. The van der Waals surface area contributed by atoms with Gasteiger partial charge in [0.25, 0.3) is 0 Å². The number of nitrogens with zero attached hydrogens (tertiary/aromatic N) is 1. The van der Waals surface area contributed by atoms with E-state index in [1.165, 1.54) is 6.07 Å². The monoisotopic (exact) mass is 511 g/mol. The van der Waals surface area contributed by atoms with Crippen LogP contribution in [-0.2, 0) is 27.4 Å². The predicted molar refractivity (Wildman–Crippen MR) is 122 cm³/mol. The van der Waals surface area contributed by atoms with E-state index in [4.69, 9.17) is 14.2 Å². The zero-order valence-corrected chi connectivity index (χ0v) is 19.6. The van der Waals surface area contributed by atoms with Crippen LogP contribution in [0.2, 0.25) is 0 Å². The standard InChI is InChI=1S/C20H34FN3O3.HI/c1-4-6-10-26-12-13-27-11-9-23-20(22-5-2)24-15-17-7-8-19(21)18(14-17)16-25-3;/h7-8,14H,4-6,9-13,15-16H2,1-3H3,(H2,22,23,24);1H. The number of guanidine groups is 1. The van der Waals surface area contributed by atoms with Gasteiger partial charge in [-0.3, -0.25) is 0 Å². The van der Waals surface area contributed by atoms with Gasteiger partial charge in [0, 0.05) is 32.4 Å². The van der Waals surface area contributed by atoms with E-state index in [2.05, 4.69) is 22.5 Å². The van der Waals surface area contributed by atoms with Crippen molar-refractivity contribution >= 4 is 29.9 Å². The highest BCUT2D eigenvalue weighted by Gasteiger charge is 2.04. The smallest absolute Gasteiger partial charge is 0.191 e. The zero-order valence-electron chi connectivity index (χ0n) is 17.3. The van der Waals surface area contributed by atoms with Gasteiger partial charge in [0.15, 0.2) is 5.96 Å². The van der Waals surface area contributed by atoms with E-state index in [9.17, 15) is 4.39 Å². The van der Waals surface area contributed by atoms with Crippen molar-refractivity contribution in [3.05, 3.63) is 35.1 Å². The Kier molecular flexibility index (Phi) is 17.5. The van der Waals surface area contributed by atoms with Crippen molar-refractivity contribution in [2.45, 2.75) is 39.8 Å². The Balaban J connectivity index is 0.00000729. The Morgan fingerprint density at radius 2 is 1.82 bits per heavy atom. The molecule has 0 aliphatic rings. The van der Waals surface area contributed by atoms with Gasteiger partial charge in [0.1, 0.15) is 5.82 Å². The normalized spacial score (nSPS) is 11.2. The maximum absolute atomic E-state index is 13.7. The lowest BCUT2D eigenvalue weighted by atomic mass is 10.1. The Labute approximate surface area is 185 Å². The minimum absolute atomic E-state index is 0. The van der Waals surface area contributed by atoms with Crippen molar-refractivity contribution in [2.24, 2.45) is 4.99 Å². The summed E-state index contributed by atoms with van der Waals surface area (Å²) in [6.07, 6.45) is 2.23. The summed E-state index contributed by atoms with van der Waals surface area (Å²) in [5.41, 5.74) is 1.47. The highest BCUT2D eigenvalue weighted by molar-refractivity contribution is 14.0. The average molecular weight is 511 g/mol. The number of hydrogen-bond acceptors (Lipinski definition) is 4. The summed E-state index contributed by atoms with van der Waals surface area (Å²) in [5, 5.41) is 6.42. The number of unbranched alkanes of at least 4 members (excludes halogenated alkanes) is 1. The van der Waals surface area contributed by atoms with Crippen molar-refractivity contribution in [1.29, 1.82) is 0 Å². The van der Waals surface area contributed by atoms with Gasteiger partial charge in [-0.05, 0) is 31.0 Å². The summed E-state index contributed by atoms with van der Waals surface area (Å²) in [7, 11) is 1.55. The fourth-order valence-corrected chi connectivity index (χ4v) is 2.31. The second kappa shape index (κ2) is 18.1. The first-order valence-corrected chi connectivity index (χ1v) is 9.65. The highest BCUT2D eigenvalue weighted by Crippen LogP contribution is 2.12. The van der Waals surface area contributed by atoms with Crippen LogP contribution < -0.4 is 10.6 Å². The van der Waals surface area contributed by atoms with E-state index >= 15 is 0 Å². The quantitative estimate of drug-likeness (QED) is 0.173. The number of hydrogen-bond donors (Lipinski definition) is 2. The third kappa shape index (κ3) is 12.5. The van der Waals surface area contributed by atoms with Crippen LogP contribution >= 0.6 is 24.0 Å². The number of ether oxygens (including phenoxy) is 3. The van der Waals surface area contributed by atoms with E-state index < -0.39 is 0 Å². The second-order valence-electron chi connectivity index (χ2n) is 6.06. The van der Waals surface area contributed by atoms with E-state index in [1.54, 1.807) is 19.2 Å². The molecule has 1 aromatic carbocycles. The van der Waals surface area contributed by atoms with Crippen molar-refractivity contribution < 1.29 is 18.6 Å². The first-order chi connectivity index (χ1) is 13.2. The van der Waals surface area contributed by atoms with Crippen molar-refractivity contribution in [2.75, 3.05) is 46.6 Å². The van der Waals surface area contributed by atoms with Crippen molar-refractivity contribution in [1.82, 2.24) is 10.6 Å². The number of nitrogens with one attached hydrogen (secondary N) is 2. The van der Waals surface area contributed by atoms with E-state index in [-0.39, 0.29) is 36.4 Å². The molecular formula is C20H35FIN3O3. The van der Waals surface area contributed by atoms with E-state index in [1.807, 2.05) is 6.92 Å². The van der Waals surface area contributed by atoms with Gasteiger partial charge in [-0.25, -0.2) is 9.38 Å². The third-order valence-electron chi connectivity index (χ3n) is 3.73.